The third-order valence-electron chi connectivity index (χ3n) is 8.84. The van der Waals surface area contributed by atoms with Gasteiger partial charge in [-0.25, -0.2) is 18.7 Å². The molecule has 248 valence electrons. The van der Waals surface area contributed by atoms with Gasteiger partial charge in [-0.2, -0.15) is 15.0 Å². The van der Waals surface area contributed by atoms with Crippen molar-refractivity contribution in [2.24, 2.45) is 5.92 Å². The van der Waals surface area contributed by atoms with Crippen molar-refractivity contribution >= 4 is 29.7 Å². The molecular weight excluding hydrogens is 610 g/mol. The number of halogens is 2. The van der Waals surface area contributed by atoms with Gasteiger partial charge in [-0.05, 0) is 49.0 Å². The van der Waals surface area contributed by atoms with E-state index in [9.17, 15) is 18.4 Å². The van der Waals surface area contributed by atoms with Crippen LogP contribution in [0.25, 0.3) is 11.4 Å². The predicted molar refractivity (Wildman–Crippen MR) is 171 cm³/mol. The number of nitrogens with zero attached hydrogens (tertiary/aromatic N) is 9. The third kappa shape index (κ3) is 7.45. The van der Waals surface area contributed by atoms with E-state index in [1.54, 1.807) is 0 Å². The summed E-state index contributed by atoms with van der Waals surface area (Å²) in [4.78, 5) is 54.4. The fourth-order valence-corrected chi connectivity index (χ4v) is 6.21. The molecule has 0 bridgehead atoms. The normalized spacial score (nSPS) is 17.7. The van der Waals surface area contributed by atoms with Crippen molar-refractivity contribution in [2.75, 3.05) is 81.1 Å². The van der Waals surface area contributed by atoms with Crippen LogP contribution in [-0.4, -0.2) is 112 Å². The SMILES string of the molecule is C=CC(=O)N1CCC(Cc2cccc(C(=O)N3CCN(c4nc(-c5cnc(N)nc5C(F)F)nc(N5CCOCC5)n4)CC3)c2)CC1. The van der Waals surface area contributed by atoms with Gasteiger partial charge in [-0.15, -0.1) is 0 Å². The summed E-state index contributed by atoms with van der Waals surface area (Å²) < 4.78 is 33.4. The van der Waals surface area contributed by atoms with Gasteiger partial charge in [0, 0.05) is 64.1 Å². The van der Waals surface area contributed by atoms with Crippen molar-refractivity contribution in [3.8, 4) is 11.4 Å². The van der Waals surface area contributed by atoms with Gasteiger partial charge < -0.3 is 30.1 Å². The minimum atomic E-state index is -2.91. The number of carbonyl (C=O) groups is 2. The minimum absolute atomic E-state index is 0.0168. The number of hydrogen-bond acceptors (Lipinski definition) is 11. The van der Waals surface area contributed by atoms with E-state index in [0.29, 0.717) is 75.9 Å². The first-order chi connectivity index (χ1) is 22.8. The number of morpholine rings is 1. The number of piperazine rings is 1. The van der Waals surface area contributed by atoms with Gasteiger partial charge in [0.25, 0.3) is 12.3 Å². The number of ether oxygens (including phenoxy) is 1. The van der Waals surface area contributed by atoms with Crippen molar-refractivity contribution < 1.29 is 23.1 Å². The summed E-state index contributed by atoms with van der Waals surface area (Å²) in [5.41, 5.74) is 6.77. The van der Waals surface area contributed by atoms with Gasteiger partial charge in [0.1, 0.15) is 5.69 Å². The Morgan fingerprint density at radius 3 is 2.28 bits per heavy atom. The smallest absolute Gasteiger partial charge is 0.281 e. The molecule has 0 radical (unpaired) electrons. The average Bonchev–Trinajstić information content (AvgIpc) is 3.11. The average molecular weight is 649 g/mol. The lowest BCUT2D eigenvalue weighted by molar-refractivity contribution is -0.127. The highest BCUT2D eigenvalue weighted by Crippen LogP contribution is 2.30. The molecule has 15 heteroatoms. The van der Waals surface area contributed by atoms with Crippen LogP contribution >= 0.6 is 0 Å². The lowest BCUT2D eigenvalue weighted by Crippen LogP contribution is -2.49. The molecule has 0 unspecified atom stereocenters. The number of rotatable bonds is 8. The predicted octanol–water partition coefficient (Wildman–Crippen LogP) is 2.61. The zero-order valence-corrected chi connectivity index (χ0v) is 26.1. The number of carbonyl (C=O) groups excluding carboxylic acids is 2. The Labute approximate surface area is 271 Å². The molecule has 2 N–H and O–H groups in total. The van der Waals surface area contributed by atoms with E-state index in [2.05, 4.69) is 26.5 Å². The number of aromatic nitrogens is 5. The molecule has 3 fully saturated rings. The number of amides is 2. The summed E-state index contributed by atoms with van der Waals surface area (Å²) in [6.45, 7) is 8.82. The topological polar surface area (TPSA) is 147 Å². The van der Waals surface area contributed by atoms with Crippen molar-refractivity contribution in [3.63, 3.8) is 0 Å². The van der Waals surface area contributed by atoms with Crippen LogP contribution < -0.4 is 15.5 Å². The Balaban J connectivity index is 1.15. The fourth-order valence-electron chi connectivity index (χ4n) is 6.21. The summed E-state index contributed by atoms with van der Waals surface area (Å²) in [6.07, 6.45) is 2.35. The molecule has 2 aromatic heterocycles. The standard InChI is InChI=1S/C32H38F2N10O3/c1-2-25(45)41-8-6-21(7-9-41)18-22-4-3-5-23(19-22)29(46)42-10-12-43(13-11-42)31-38-28(24-20-36-30(35)37-26(24)27(33)34)39-32(40-31)44-14-16-47-17-15-44/h2-5,19-21,27H,1,6-18H2,(H2,35,36,37). The Bertz CT molecular complexity index is 1600. The van der Waals surface area contributed by atoms with Crippen LogP contribution in [0.15, 0.2) is 43.1 Å². The molecule has 5 heterocycles. The van der Waals surface area contributed by atoms with Gasteiger partial charge in [0.05, 0.1) is 18.8 Å². The van der Waals surface area contributed by atoms with Gasteiger partial charge in [-0.1, -0.05) is 18.7 Å². The van der Waals surface area contributed by atoms with E-state index in [4.69, 9.17) is 15.5 Å². The largest absolute Gasteiger partial charge is 0.378 e. The van der Waals surface area contributed by atoms with E-state index in [-0.39, 0.29) is 29.2 Å². The third-order valence-corrected chi connectivity index (χ3v) is 8.84. The first-order valence-electron chi connectivity index (χ1n) is 15.8. The monoisotopic (exact) mass is 648 g/mol. The molecule has 3 aliphatic rings. The summed E-state index contributed by atoms with van der Waals surface area (Å²) in [7, 11) is 0. The van der Waals surface area contributed by atoms with Gasteiger partial charge >= 0.3 is 0 Å². The number of nitrogens with two attached hydrogens (primary N) is 1. The molecule has 0 atom stereocenters. The molecule has 6 rings (SSSR count). The number of anilines is 3. The Hall–Kier alpha value is -4.79. The first kappa shape index (κ1) is 32.2. The second kappa shape index (κ2) is 14.3. The maximum Gasteiger partial charge on any atom is 0.281 e. The van der Waals surface area contributed by atoms with E-state index in [1.165, 1.54) is 12.3 Å². The lowest BCUT2D eigenvalue weighted by atomic mass is 9.89. The van der Waals surface area contributed by atoms with Crippen LogP contribution in [0.4, 0.5) is 26.6 Å². The van der Waals surface area contributed by atoms with Crippen molar-refractivity contribution in [3.05, 3.63) is 59.9 Å². The van der Waals surface area contributed by atoms with Crippen molar-refractivity contribution in [1.82, 2.24) is 34.7 Å². The molecule has 3 aromatic rings. The first-order valence-corrected chi connectivity index (χ1v) is 15.8. The second-order valence-corrected chi connectivity index (χ2v) is 11.8. The highest BCUT2D eigenvalue weighted by Gasteiger charge is 2.28. The van der Waals surface area contributed by atoms with Crippen LogP contribution in [-0.2, 0) is 16.0 Å². The van der Waals surface area contributed by atoms with E-state index in [0.717, 1.165) is 37.9 Å². The maximum atomic E-state index is 13.9. The molecule has 1 aromatic carbocycles. The van der Waals surface area contributed by atoms with Crippen LogP contribution in [0, 0.1) is 5.92 Å². The van der Waals surface area contributed by atoms with Crippen LogP contribution in [0.2, 0.25) is 0 Å². The number of benzene rings is 1. The second-order valence-electron chi connectivity index (χ2n) is 11.8. The molecule has 2 amide bonds. The lowest BCUT2D eigenvalue weighted by Gasteiger charge is -2.35. The van der Waals surface area contributed by atoms with Crippen molar-refractivity contribution in [1.29, 1.82) is 0 Å². The maximum absolute atomic E-state index is 13.9. The van der Waals surface area contributed by atoms with Crippen LogP contribution in [0.3, 0.4) is 0 Å². The molecule has 0 aliphatic carbocycles. The molecule has 3 aliphatic heterocycles. The number of likely N-dealkylation sites (tertiary alicyclic amines) is 1. The quantitative estimate of drug-likeness (QED) is 0.360. The summed E-state index contributed by atoms with van der Waals surface area (Å²) in [5, 5.41) is 0. The Morgan fingerprint density at radius 2 is 1.62 bits per heavy atom. The Kier molecular flexibility index (Phi) is 9.80. The fraction of sp³-hybridized carbons (Fsp3) is 0.469. The van der Waals surface area contributed by atoms with Crippen molar-refractivity contribution in [2.45, 2.75) is 25.7 Å². The highest BCUT2D eigenvalue weighted by molar-refractivity contribution is 5.94. The molecule has 3 saturated heterocycles. The number of nitrogen functional groups attached to an aromatic ring is 1. The molecule has 0 saturated carbocycles. The molecule has 0 spiro atoms. The summed E-state index contributed by atoms with van der Waals surface area (Å²) in [5.74, 6) is 0.801. The van der Waals surface area contributed by atoms with E-state index >= 15 is 0 Å². The van der Waals surface area contributed by atoms with E-state index < -0.39 is 12.1 Å². The van der Waals surface area contributed by atoms with Crippen LogP contribution in [0.1, 0.15) is 40.9 Å². The Morgan fingerprint density at radius 1 is 0.936 bits per heavy atom. The number of piperidine rings is 1. The van der Waals surface area contributed by atoms with E-state index in [1.807, 2.05) is 43.9 Å². The number of hydrogen-bond donors (Lipinski definition) is 1. The summed E-state index contributed by atoms with van der Waals surface area (Å²) in [6, 6.07) is 7.78. The minimum Gasteiger partial charge on any atom is -0.378 e. The zero-order chi connectivity index (χ0) is 32.9. The summed E-state index contributed by atoms with van der Waals surface area (Å²) >= 11 is 0. The molecule has 47 heavy (non-hydrogen) atoms. The van der Waals surface area contributed by atoms with Gasteiger partial charge in [-0.3, -0.25) is 9.59 Å². The molecular formula is C32H38F2N10O3. The zero-order valence-electron chi connectivity index (χ0n) is 26.1. The van der Waals surface area contributed by atoms with Crippen LogP contribution in [0.5, 0.6) is 0 Å². The van der Waals surface area contributed by atoms with Gasteiger partial charge in [0.15, 0.2) is 5.82 Å². The number of alkyl halides is 2. The molecule has 13 nitrogen and oxygen atoms in total. The highest BCUT2D eigenvalue weighted by atomic mass is 19.3. The van der Waals surface area contributed by atoms with Gasteiger partial charge in [0.2, 0.25) is 23.8 Å².